The Morgan fingerprint density at radius 3 is 2.58 bits per heavy atom. The van der Waals surface area contributed by atoms with Gasteiger partial charge in [0.05, 0.1) is 18.1 Å². The normalized spacial score (nSPS) is 11.1. The first-order valence-electron chi connectivity index (χ1n) is 10.5. The Hall–Kier alpha value is -4.26. The predicted octanol–water partition coefficient (Wildman–Crippen LogP) is 5.13. The summed E-state index contributed by atoms with van der Waals surface area (Å²) in [6.07, 6.45) is 1.78. The summed E-state index contributed by atoms with van der Waals surface area (Å²) < 4.78 is 27.2. The fourth-order valence-corrected chi connectivity index (χ4v) is 3.66. The molecule has 0 bridgehead atoms. The van der Waals surface area contributed by atoms with Gasteiger partial charge in [0.1, 0.15) is 23.7 Å². The zero-order valence-electron chi connectivity index (χ0n) is 17.9. The minimum atomic E-state index is -0.379. The SMILES string of the molecule is Cc1cccc2c(=O)c(OCc3cn(Cc4ccccc4)nn3)c(-c3ccc(F)cc3)oc12. The van der Waals surface area contributed by atoms with E-state index in [0.717, 1.165) is 11.1 Å². The number of benzene rings is 3. The number of para-hydroxylation sites is 1. The minimum absolute atomic E-state index is 0.0328. The van der Waals surface area contributed by atoms with Crippen LogP contribution in [0, 0.1) is 12.7 Å². The van der Waals surface area contributed by atoms with Crippen molar-refractivity contribution < 1.29 is 13.5 Å². The van der Waals surface area contributed by atoms with E-state index < -0.39 is 0 Å². The Bertz CT molecular complexity index is 1470. The molecule has 2 heterocycles. The molecule has 33 heavy (non-hydrogen) atoms. The van der Waals surface area contributed by atoms with Gasteiger partial charge in [0, 0.05) is 5.56 Å². The highest BCUT2D eigenvalue weighted by molar-refractivity contribution is 5.84. The van der Waals surface area contributed by atoms with Crippen LogP contribution in [0.25, 0.3) is 22.3 Å². The van der Waals surface area contributed by atoms with Crippen molar-refractivity contribution in [2.24, 2.45) is 0 Å². The number of fused-ring (bicyclic) bond motifs is 1. The maximum atomic E-state index is 13.5. The molecule has 5 rings (SSSR count). The Balaban J connectivity index is 1.48. The molecule has 0 amide bonds. The number of ether oxygens (including phenoxy) is 1. The summed E-state index contributed by atoms with van der Waals surface area (Å²) in [6.45, 7) is 2.47. The molecule has 6 nitrogen and oxygen atoms in total. The van der Waals surface area contributed by atoms with Crippen molar-refractivity contribution in [3.8, 4) is 17.1 Å². The van der Waals surface area contributed by atoms with Gasteiger partial charge in [-0.2, -0.15) is 0 Å². The van der Waals surface area contributed by atoms with Crippen LogP contribution in [0.5, 0.6) is 5.75 Å². The fraction of sp³-hybridized carbons (Fsp3) is 0.115. The highest BCUT2D eigenvalue weighted by Crippen LogP contribution is 2.32. The van der Waals surface area contributed by atoms with Crippen LogP contribution < -0.4 is 10.2 Å². The molecule has 0 atom stereocenters. The molecule has 0 saturated heterocycles. The first kappa shape index (κ1) is 20.6. The molecule has 0 aliphatic rings. The van der Waals surface area contributed by atoms with E-state index in [1.807, 2.05) is 43.3 Å². The second-order valence-electron chi connectivity index (χ2n) is 7.73. The standard InChI is InChI=1S/C26H20FN3O3/c1-17-6-5-9-22-23(31)26(25(33-24(17)22)19-10-12-20(27)13-11-19)32-16-21-15-30(29-28-21)14-18-7-3-2-4-8-18/h2-13,15H,14,16H2,1H3. The van der Waals surface area contributed by atoms with Gasteiger partial charge in [0.2, 0.25) is 11.2 Å². The van der Waals surface area contributed by atoms with Crippen molar-refractivity contribution in [2.75, 3.05) is 0 Å². The lowest BCUT2D eigenvalue weighted by atomic mass is 10.1. The predicted molar refractivity (Wildman–Crippen MR) is 123 cm³/mol. The number of hydrogen-bond acceptors (Lipinski definition) is 5. The Morgan fingerprint density at radius 1 is 1.00 bits per heavy atom. The fourth-order valence-electron chi connectivity index (χ4n) is 3.66. The molecule has 0 aliphatic heterocycles. The zero-order valence-corrected chi connectivity index (χ0v) is 17.9. The number of nitrogens with zero attached hydrogens (tertiary/aromatic N) is 3. The Morgan fingerprint density at radius 2 is 1.79 bits per heavy atom. The summed E-state index contributed by atoms with van der Waals surface area (Å²) >= 11 is 0. The van der Waals surface area contributed by atoms with Gasteiger partial charge < -0.3 is 9.15 Å². The first-order chi connectivity index (χ1) is 16.1. The van der Waals surface area contributed by atoms with Crippen molar-refractivity contribution in [2.45, 2.75) is 20.1 Å². The maximum absolute atomic E-state index is 13.5. The zero-order chi connectivity index (χ0) is 22.8. The van der Waals surface area contributed by atoms with Gasteiger partial charge in [0.25, 0.3) is 0 Å². The molecular weight excluding hydrogens is 421 g/mol. The maximum Gasteiger partial charge on any atom is 0.235 e. The van der Waals surface area contributed by atoms with Crippen LogP contribution in [0.3, 0.4) is 0 Å². The monoisotopic (exact) mass is 441 g/mol. The number of hydrogen-bond donors (Lipinski definition) is 0. The van der Waals surface area contributed by atoms with Crippen LogP contribution in [0.2, 0.25) is 0 Å². The first-order valence-corrected chi connectivity index (χ1v) is 10.5. The van der Waals surface area contributed by atoms with Gasteiger partial charge in [-0.1, -0.05) is 47.7 Å². The van der Waals surface area contributed by atoms with Crippen molar-refractivity contribution in [3.05, 3.63) is 112 Å². The largest absolute Gasteiger partial charge is 0.480 e. The van der Waals surface area contributed by atoms with Crippen LogP contribution in [0.4, 0.5) is 4.39 Å². The van der Waals surface area contributed by atoms with E-state index >= 15 is 0 Å². The quantitative estimate of drug-likeness (QED) is 0.366. The Kier molecular flexibility index (Phi) is 5.44. The molecule has 0 radical (unpaired) electrons. The molecule has 3 aromatic carbocycles. The number of rotatable bonds is 6. The molecule has 2 aromatic heterocycles. The highest BCUT2D eigenvalue weighted by atomic mass is 19.1. The molecule has 0 fully saturated rings. The van der Waals surface area contributed by atoms with Gasteiger partial charge in [-0.05, 0) is 48.4 Å². The van der Waals surface area contributed by atoms with E-state index in [9.17, 15) is 9.18 Å². The van der Waals surface area contributed by atoms with Crippen molar-refractivity contribution >= 4 is 11.0 Å². The smallest absolute Gasteiger partial charge is 0.235 e. The lowest BCUT2D eigenvalue weighted by Crippen LogP contribution is -2.11. The van der Waals surface area contributed by atoms with Crippen molar-refractivity contribution in [3.63, 3.8) is 0 Å². The molecule has 0 aliphatic carbocycles. The second-order valence-corrected chi connectivity index (χ2v) is 7.73. The van der Waals surface area contributed by atoms with Crippen LogP contribution >= 0.6 is 0 Å². The van der Waals surface area contributed by atoms with Crippen molar-refractivity contribution in [1.29, 1.82) is 0 Å². The second kappa shape index (κ2) is 8.70. The Labute approximate surface area is 188 Å². The van der Waals surface area contributed by atoms with Crippen LogP contribution in [0.1, 0.15) is 16.8 Å². The molecule has 0 spiro atoms. The lowest BCUT2D eigenvalue weighted by Gasteiger charge is -2.12. The van der Waals surface area contributed by atoms with E-state index in [4.69, 9.17) is 9.15 Å². The van der Waals surface area contributed by atoms with E-state index in [2.05, 4.69) is 10.3 Å². The summed E-state index contributed by atoms with van der Waals surface area (Å²) in [6, 6.07) is 21.0. The van der Waals surface area contributed by atoms with Crippen LogP contribution in [-0.2, 0) is 13.2 Å². The number of aromatic nitrogens is 3. The molecule has 7 heteroatoms. The van der Waals surface area contributed by atoms with Crippen LogP contribution in [0.15, 0.2) is 88.2 Å². The molecule has 0 saturated carbocycles. The third kappa shape index (κ3) is 4.25. The third-order valence-electron chi connectivity index (χ3n) is 5.32. The third-order valence-corrected chi connectivity index (χ3v) is 5.32. The molecule has 5 aromatic rings. The molecule has 0 unspecified atom stereocenters. The summed E-state index contributed by atoms with van der Waals surface area (Å²) in [7, 11) is 0. The molecular formula is C26H20FN3O3. The number of halogens is 1. The molecule has 164 valence electrons. The van der Waals surface area contributed by atoms with Crippen LogP contribution in [-0.4, -0.2) is 15.0 Å². The van der Waals surface area contributed by atoms with Gasteiger partial charge in [-0.25, -0.2) is 9.07 Å². The lowest BCUT2D eigenvalue weighted by molar-refractivity contribution is 0.293. The summed E-state index contributed by atoms with van der Waals surface area (Å²) in [5.41, 5.74) is 3.21. The van der Waals surface area contributed by atoms with Gasteiger partial charge in [-0.3, -0.25) is 4.79 Å². The molecule has 0 N–H and O–H groups in total. The average Bonchev–Trinajstić information content (AvgIpc) is 3.27. The van der Waals surface area contributed by atoms with E-state index in [0.29, 0.717) is 28.8 Å². The summed E-state index contributed by atoms with van der Waals surface area (Å²) in [5, 5.41) is 8.71. The minimum Gasteiger partial charge on any atom is -0.480 e. The van der Waals surface area contributed by atoms with E-state index in [1.54, 1.807) is 35.1 Å². The van der Waals surface area contributed by atoms with E-state index in [1.165, 1.54) is 12.1 Å². The van der Waals surface area contributed by atoms with E-state index in [-0.39, 0.29) is 29.4 Å². The average molecular weight is 441 g/mol. The van der Waals surface area contributed by atoms with Gasteiger partial charge in [-0.15, -0.1) is 5.10 Å². The highest BCUT2D eigenvalue weighted by Gasteiger charge is 2.19. The van der Waals surface area contributed by atoms with Crippen molar-refractivity contribution in [1.82, 2.24) is 15.0 Å². The van der Waals surface area contributed by atoms with Gasteiger partial charge in [0.15, 0.2) is 5.76 Å². The topological polar surface area (TPSA) is 70.2 Å². The van der Waals surface area contributed by atoms with Gasteiger partial charge >= 0.3 is 0 Å². The number of aryl methyl sites for hydroxylation is 1. The summed E-state index contributed by atoms with van der Waals surface area (Å²) in [4.78, 5) is 13.3. The summed E-state index contributed by atoms with van der Waals surface area (Å²) in [5.74, 6) is -0.0774.